The first-order chi connectivity index (χ1) is 8.42. The van der Waals surface area contributed by atoms with Gasteiger partial charge < -0.3 is 4.90 Å². The predicted octanol–water partition coefficient (Wildman–Crippen LogP) is 1.80. The zero-order chi connectivity index (χ0) is 13.6. The minimum Gasteiger partial charge on any atom is -0.302 e. The molecule has 0 unspecified atom stereocenters. The first kappa shape index (κ1) is 16.2. The van der Waals surface area contributed by atoms with Crippen molar-refractivity contribution in [1.29, 1.82) is 0 Å². The molecule has 1 saturated carbocycles. The monoisotopic (exact) mass is 296 g/mol. The fourth-order valence-electron chi connectivity index (χ4n) is 2.55. The normalized spacial score (nSPS) is 20.2. The maximum atomic E-state index is 11.8. The molecule has 108 valence electrons. The molecule has 1 rings (SSSR count). The second-order valence-electron chi connectivity index (χ2n) is 5.36. The third-order valence-electron chi connectivity index (χ3n) is 3.90. The Morgan fingerprint density at radius 1 is 1.22 bits per heavy atom. The molecule has 0 bridgehead atoms. The molecule has 0 aromatic rings. The lowest BCUT2D eigenvalue weighted by atomic mass is 9.81. The first-order valence-electron chi connectivity index (χ1n) is 6.63. The Kier molecular flexibility index (Phi) is 6.38. The standard InChI is InChI=1S/C12H25ClN2O2S/c1-15(2)12(7-4-3-5-8-12)11-14-18(16,17)10-6-9-13/h14H,3-11H2,1-2H3. The van der Waals surface area contributed by atoms with Gasteiger partial charge in [0.1, 0.15) is 0 Å². The summed E-state index contributed by atoms with van der Waals surface area (Å²) < 4.78 is 26.4. The zero-order valence-corrected chi connectivity index (χ0v) is 13.0. The zero-order valence-electron chi connectivity index (χ0n) is 11.4. The molecule has 0 aliphatic heterocycles. The van der Waals surface area contributed by atoms with E-state index >= 15 is 0 Å². The van der Waals surface area contributed by atoms with E-state index in [-0.39, 0.29) is 11.3 Å². The lowest BCUT2D eigenvalue weighted by Gasteiger charge is -2.43. The molecule has 1 N–H and O–H groups in total. The average molecular weight is 297 g/mol. The molecule has 18 heavy (non-hydrogen) atoms. The third-order valence-corrected chi connectivity index (χ3v) is 5.58. The van der Waals surface area contributed by atoms with Crippen LogP contribution in [-0.4, -0.2) is 51.1 Å². The van der Waals surface area contributed by atoms with E-state index in [1.165, 1.54) is 19.3 Å². The van der Waals surface area contributed by atoms with Crippen LogP contribution in [0.5, 0.6) is 0 Å². The smallest absolute Gasteiger partial charge is 0.211 e. The summed E-state index contributed by atoms with van der Waals surface area (Å²) in [6.45, 7) is 0.518. The van der Waals surface area contributed by atoms with Gasteiger partial charge in [0.15, 0.2) is 0 Å². The van der Waals surface area contributed by atoms with Crippen LogP contribution in [0.2, 0.25) is 0 Å². The highest BCUT2D eigenvalue weighted by molar-refractivity contribution is 7.89. The van der Waals surface area contributed by atoms with E-state index in [0.29, 0.717) is 18.8 Å². The van der Waals surface area contributed by atoms with E-state index in [4.69, 9.17) is 11.6 Å². The van der Waals surface area contributed by atoms with Crippen molar-refractivity contribution in [3.63, 3.8) is 0 Å². The molecule has 0 saturated heterocycles. The van der Waals surface area contributed by atoms with Crippen molar-refractivity contribution in [2.45, 2.75) is 44.1 Å². The number of halogens is 1. The summed E-state index contributed by atoms with van der Waals surface area (Å²) in [5.74, 6) is 0.514. The van der Waals surface area contributed by atoms with Gasteiger partial charge in [-0.05, 0) is 33.4 Å². The highest BCUT2D eigenvalue weighted by atomic mass is 35.5. The fourth-order valence-corrected chi connectivity index (χ4v) is 4.00. The van der Waals surface area contributed by atoms with Gasteiger partial charge in [-0.15, -0.1) is 11.6 Å². The van der Waals surface area contributed by atoms with Gasteiger partial charge in [-0.2, -0.15) is 0 Å². The third kappa shape index (κ3) is 4.68. The van der Waals surface area contributed by atoms with Gasteiger partial charge in [0, 0.05) is 18.0 Å². The molecule has 0 amide bonds. The maximum absolute atomic E-state index is 11.8. The van der Waals surface area contributed by atoms with Crippen LogP contribution in [0.25, 0.3) is 0 Å². The number of hydrogen-bond donors (Lipinski definition) is 1. The van der Waals surface area contributed by atoms with Crippen molar-refractivity contribution >= 4 is 21.6 Å². The summed E-state index contributed by atoms with van der Waals surface area (Å²) >= 11 is 5.53. The molecule has 0 aromatic carbocycles. The van der Waals surface area contributed by atoms with Crippen molar-refractivity contribution in [1.82, 2.24) is 9.62 Å². The second kappa shape index (κ2) is 7.08. The van der Waals surface area contributed by atoms with Crippen molar-refractivity contribution in [2.75, 3.05) is 32.3 Å². The highest BCUT2D eigenvalue weighted by Gasteiger charge is 2.34. The number of alkyl halides is 1. The number of sulfonamides is 1. The fraction of sp³-hybridized carbons (Fsp3) is 1.00. The van der Waals surface area contributed by atoms with Crippen LogP contribution in [-0.2, 0) is 10.0 Å². The quantitative estimate of drug-likeness (QED) is 0.729. The minimum atomic E-state index is -3.18. The van der Waals surface area contributed by atoms with E-state index in [2.05, 4.69) is 9.62 Å². The number of nitrogens with zero attached hydrogens (tertiary/aromatic N) is 1. The molecule has 6 heteroatoms. The van der Waals surface area contributed by atoms with Crippen molar-refractivity contribution < 1.29 is 8.42 Å². The molecule has 0 atom stereocenters. The van der Waals surface area contributed by atoms with Gasteiger partial charge in [-0.1, -0.05) is 19.3 Å². The summed E-state index contributed by atoms with van der Waals surface area (Å²) in [4.78, 5) is 2.18. The van der Waals surface area contributed by atoms with Crippen LogP contribution in [0, 0.1) is 0 Å². The topological polar surface area (TPSA) is 49.4 Å². The van der Waals surface area contributed by atoms with Crippen LogP contribution >= 0.6 is 11.6 Å². The summed E-state index contributed by atoms with van der Waals surface area (Å²) in [6, 6.07) is 0. The molecule has 0 radical (unpaired) electrons. The van der Waals surface area contributed by atoms with Crippen LogP contribution in [0.1, 0.15) is 38.5 Å². The molecule has 1 aliphatic carbocycles. The van der Waals surface area contributed by atoms with Crippen LogP contribution in [0.4, 0.5) is 0 Å². The largest absolute Gasteiger partial charge is 0.302 e. The molecule has 0 heterocycles. The lowest BCUT2D eigenvalue weighted by Crippen LogP contribution is -2.54. The molecule has 0 aromatic heterocycles. The van der Waals surface area contributed by atoms with Crippen molar-refractivity contribution in [2.24, 2.45) is 0 Å². The van der Waals surface area contributed by atoms with Gasteiger partial charge in [0.05, 0.1) is 5.75 Å². The van der Waals surface area contributed by atoms with E-state index in [1.54, 1.807) is 0 Å². The Morgan fingerprint density at radius 3 is 2.33 bits per heavy atom. The van der Waals surface area contributed by atoms with Gasteiger partial charge >= 0.3 is 0 Å². The number of nitrogens with one attached hydrogen (secondary N) is 1. The number of rotatable bonds is 7. The van der Waals surface area contributed by atoms with Gasteiger partial charge in [0.2, 0.25) is 10.0 Å². The highest BCUT2D eigenvalue weighted by Crippen LogP contribution is 2.31. The molecular formula is C12H25ClN2O2S. The maximum Gasteiger partial charge on any atom is 0.211 e. The number of likely N-dealkylation sites (N-methyl/N-ethyl adjacent to an activating group) is 1. The molecule has 1 fully saturated rings. The summed E-state index contributed by atoms with van der Waals surface area (Å²) in [5, 5.41) is 0. The Balaban J connectivity index is 2.57. The van der Waals surface area contributed by atoms with Crippen LogP contribution in [0.15, 0.2) is 0 Å². The number of hydrogen-bond acceptors (Lipinski definition) is 3. The van der Waals surface area contributed by atoms with E-state index in [1.807, 2.05) is 14.1 Å². The van der Waals surface area contributed by atoms with Gasteiger partial charge in [-0.3, -0.25) is 0 Å². The molecular weight excluding hydrogens is 272 g/mol. The average Bonchev–Trinajstić information content (AvgIpc) is 2.35. The SMILES string of the molecule is CN(C)C1(CNS(=O)(=O)CCCCl)CCCCC1. The van der Waals surface area contributed by atoms with Crippen LogP contribution in [0.3, 0.4) is 0 Å². The summed E-state index contributed by atoms with van der Waals surface area (Å²) in [7, 11) is 0.904. The van der Waals surface area contributed by atoms with E-state index in [9.17, 15) is 8.42 Å². The Bertz CT molecular complexity index is 338. The van der Waals surface area contributed by atoms with Gasteiger partial charge in [0.25, 0.3) is 0 Å². The van der Waals surface area contributed by atoms with E-state index in [0.717, 1.165) is 12.8 Å². The summed E-state index contributed by atoms with van der Waals surface area (Å²) in [5.41, 5.74) is -0.00765. The molecule has 0 spiro atoms. The lowest BCUT2D eigenvalue weighted by molar-refractivity contribution is 0.105. The predicted molar refractivity (Wildman–Crippen MR) is 76.6 cm³/mol. The Hall–Kier alpha value is 0.160. The van der Waals surface area contributed by atoms with Crippen LogP contribution < -0.4 is 4.72 Å². The minimum absolute atomic E-state index is 0.00765. The molecule has 4 nitrogen and oxygen atoms in total. The molecule has 1 aliphatic rings. The Labute approximate surface area is 116 Å². The summed E-state index contributed by atoms with van der Waals surface area (Å²) in [6.07, 6.45) is 6.26. The Morgan fingerprint density at radius 2 is 1.83 bits per heavy atom. The second-order valence-corrected chi connectivity index (χ2v) is 7.67. The van der Waals surface area contributed by atoms with Crippen molar-refractivity contribution in [3.05, 3.63) is 0 Å². The first-order valence-corrected chi connectivity index (χ1v) is 8.81. The van der Waals surface area contributed by atoms with E-state index < -0.39 is 10.0 Å². The van der Waals surface area contributed by atoms with Gasteiger partial charge in [-0.25, -0.2) is 13.1 Å². The van der Waals surface area contributed by atoms with Crippen molar-refractivity contribution in [3.8, 4) is 0 Å².